The second kappa shape index (κ2) is 4.70. The van der Waals surface area contributed by atoms with E-state index in [0.29, 0.717) is 11.6 Å². The standard InChI is InChI=1S/C10H17N3OS/c1-10(2,3)7-5-8(13-12-7)11-9(14)6-15-4/h5H,6H2,1-4H3,(H2,11,12,13,14). The van der Waals surface area contributed by atoms with Gasteiger partial charge in [0.2, 0.25) is 5.91 Å². The van der Waals surface area contributed by atoms with Gasteiger partial charge in [0, 0.05) is 17.2 Å². The summed E-state index contributed by atoms with van der Waals surface area (Å²) >= 11 is 1.49. The second-order valence-corrected chi connectivity index (χ2v) is 5.26. The quantitative estimate of drug-likeness (QED) is 0.830. The highest BCUT2D eigenvalue weighted by Crippen LogP contribution is 2.21. The van der Waals surface area contributed by atoms with Gasteiger partial charge in [0.1, 0.15) is 0 Å². The maximum Gasteiger partial charge on any atom is 0.235 e. The van der Waals surface area contributed by atoms with Gasteiger partial charge in [0.05, 0.1) is 5.75 Å². The minimum absolute atomic E-state index is 0.0190. The Morgan fingerprint density at radius 3 is 2.73 bits per heavy atom. The normalized spacial score (nSPS) is 11.5. The zero-order valence-corrected chi connectivity index (χ0v) is 10.4. The van der Waals surface area contributed by atoms with Crippen LogP contribution in [0, 0.1) is 0 Å². The van der Waals surface area contributed by atoms with Crippen molar-refractivity contribution in [2.45, 2.75) is 26.2 Å². The Kier molecular flexibility index (Phi) is 3.79. The third-order valence-electron chi connectivity index (χ3n) is 1.93. The van der Waals surface area contributed by atoms with Crippen molar-refractivity contribution < 1.29 is 4.79 Å². The average Bonchev–Trinajstić information content (AvgIpc) is 2.52. The first-order valence-corrected chi connectivity index (χ1v) is 6.17. The molecule has 0 aliphatic heterocycles. The molecule has 0 saturated heterocycles. The van der Waals surface area contributed by atoms with Gasteiger partial charge in [-0.1, -0.05) is 20.8 Å². The molecule has 2 N–H and O–H groups in total. The summed E-state index contributed by atoms with van der Waals surface area (Å²) in [6, 6.07) is 1.87. The van der Waals surface area contributed by atoms with Crippen LogP contribution in [0.2, 0.25) is 0 Å². The van der Waals surface area contributed by atoms with Gasteiger partial charge in [-0.2, -0.15) is 16.9 Å². The van der Waals surface area contributed by atoms with Crippen LogP contribution in [-0.2, 0) is 10.2 Å². The number of rotatable bonds is 3. The number of carbonyl (C=O) groups is 1. The largest absolute Gasteiger partial charge is 0.308 e. The number of hydrogen-bond acceptors (Lipinski definition) is 3. The smallest absolute Gasteiger partial charge is 0.235 e. The Bertz CT molecular complexity index is 341. The molecule has 0 saturated carbocycles. The molecular weight excluding hydrogens is 210 g/mol. The molecule has 0 atom stereocenters. The van der Waals surface area contributed by atoms with Crippen LogP contribution in [-0.4, -0.2) is 28.1 Å². The fourth-order valence-electron chi connectivity index (χ4n) is 1.08. The van der Waals surface area contributed by atoms with Crippen molar-refractivity contribution in [3.05, 3.63) is 11.8 Å². The van der Waals surface area contributed by atoms with Crippen molar-refractivity contribution in [2.75, 3.05) is 17.3 Å². The van der Waals surface area contributed by atoms with E-state index in [0.717, 1.165) is 5.69 Å². The van der Waals surface area contributed by atoms with E-state index in [2.05, 4.69) is 36.3 Å². The molecule has 15 heavy (non-hydrogen) atoms. The van der Waals surface area contributed by atoms with E-state index in [1.54, 1.807) is 0 Å². The summed E-state index contributed by atoms with van der Waals surface area (Å²) in [6.45, 7) is 6.27. The van der Waals surface area contributed by atoms with E-state index in [1.165, 1.54) is 11.8 Å². The van der Waals surface area contributed by atoms with Crippen molar-refractivity contribution in [1.29, 1.82) is 0 Å². The van der Waals surface area contributed by atoms with Crippen LogP contribution in [0.5, 0.6) is 0 Å². The van der Waals surface area contributed by atoms with Gasteiger partial charge >= 0.3 is 0 Å². The molecule has 1 heterocycles. The molecule has 0 radical (unpaired) electrons. The van der Waals surface area contributed by atoms with E-state index in [9.17, 15) is 4.79 Å². The average molecular weight is 227 g/mol. The lowest BCUT2D eigenvalue weighted by atomic mass is 9.92. The van der Waals surface area contributed by atoms with Crippen molar-refractivity contribution >= 4 is 23.5 Å². The Labute approximate surface area is 94.2 Å². The van der Waals surface area contributed by atoms with Crippen LogP contribution in [0.1, 0.15) is 26.5 Å². The highest BCUT2D eigenvalue weighted by Gasteiger charge is 2.17. The van der Waals surface area contributed by atoms with Gasteiger partial charge in [0.25, 0.3) is 0 Å². The molecule has 0 aliphatic rings. The monoisotopic (exact) mass is 227 g/mol. The number of hydrogen-bond donors (Lipinski definition) is 2. The van der Waals surface area contributed by atoms with E-state index < -0.39 is 0 Å². The molecule has 0 aliphatic carbocycles. The predicted molar refractivity (Wildman–Crippen MR) is 64.3 cm³/mol. The molecule has 0 aromatic carbocycles. The molecule has 0 spiro atoms. The third-order valence-corrected chi connectivity index (χ3v) is 2.48. The number of amides is 1. The SMILES string of the molecule is CSCC(=O)Nc1cc(C(C)(C)C)[nH]n1. The van der Waals surface area contributed by atoms with Crippen molar-refractivity contribution in [3.8, 4) is 0 Å². The lowest BCUT2D eigenvalue weighted by molar-refractivity contribution is -0.113. The van der Waals surface area contributed by atoms with Crippen LogP contribution in [0.4, 0.5) is 5.82 Å². The maximum absolute atomic E-state index is 11.3. The zero-order valence-electron chi connectivity index (χ0n) is 9.55. The van der Waals surface area contributed by atoms with Gasteiger partial charge < -0.3 is 5.32 Å². The topological polar surface area (TPSA) is 57.8 Å². The molecule has 5 heteroatoms. The Balaban J connectivity index is 2.65. The maximum atomic E-state index is 11.3. The summed E-state index contributed by atoms with van der Waals surface area (Å²) in [7, 11) is 0. The van der Waals surface area contributed by atoms with Crippen LogP contribution in [0.25, 0.3) is 0 Å². The number of carbonyl (C=O) groups excluding carboxylic acids is 1. The molecule has 1 aromatic rings. The van der Waals surface area contributed by atoms with Gasteiger partial charge in [-0.3, -0.25) is 9.89 Å². The lowest BCUT2D eigenvalue weighted by Crippen LogP contribution is -2.14. The summed E-state index contributed by atoms with van der Waals surface area (Å²) in [5.41, 5.74) is 1.04. The summed E-state index contributed by atoms with van der Waals surface area (Å²) in [5, 5.41) is 9.69. The Morgan fingerprint density at radius 2 is 2.27 bits per heavy atom. The minimum atomic E-state index is -0.0190. The first-order valence-electron chi connectivity index (χ1n) is 4.78. The third kappa shape index (κ3) is 3.58. The van der Waals surface area contributed by atoms with Gasteiger partial charge in [-0.25, -0.2) is 0 Å². The summed E-state index contributed by atoms with van der Waals surface area (Å²) < 4.78 is 0. The van der Waals surface area contributed by atoms with E-state index in [1.807, 2.05) is 12.3 Å². The number of nitrogens with one attached hydrogen (secondary N) is 2. The summed E-state index contributed by atoms with van der Waals surface area (Å²) in [4.78, 5) is 11.3. The van der Waals surface area contributed by atoms with Crippen LogP contribution < -0.4 is 5.32 Å². The predicted octanol–water partition coefficient (Wildman–Crippen LogP) is 2.01. The fourth-order valence-corrected chi connectivity index (χ4v) is 1.41. The highest BCUT2D eigenvalue weighted by atomic mass is 32.2. The summed E-state index contributed by atoms with van der Waals surface area (Å²) in [5.74, 6) is 1.03. The summed E-state index contributed by atoms with van der Waals surface area (Å²) in [6.07, 6.45) is 1.89. The molecular formula is C10H17N3OS. The zero-order chi connectivity index (χ0) is 11.5. The van der Waals surface area contributed by atoms with Crippen LogP contribution in [0.3, 0.4) is 0 Å². The van der Waals surface area contributed by atoms with E-state index in [-0.39, 0.29) is 11.3 Å². The number of aromatic amines is 1. The van der Waals surface area contributed by atoms with Crippen LogP contribution in [0.15, 0.2) is 6.07 Å². The van der Waals surface area contributed by atoms with Gasteiger partial charge in [-0.05, 0) is 6.26 Å². The molecule has 1 aromatic heterocycles. The van der Waals surface area contributed by atoms with Crippen molar-refractivity contribution in [2.24, 2.45) is 0 Å². The van der Waals surface area contributed by atoms with Crippen LogP contribution >= 0.6 is 11.8 Å². The molecule has 1 rings (SSSR count). The lowest BCUT2D eigenvalue weighted by Gasteiger charge is -2.14. The van der Waals surface area contributed by atoms with Crippen molar-refractivity contribution in [1.82, 2.24) is 10.2 Å². The first kappa shape index (κ1) is 12.1. The molecule has 84 valence electrons. The number of nitrogens with zero attached hydrogens (tertiary/aromatic N) is 1. The molecule has 0 bridgehead atoms. The minimum Gasteiger partial charge on any atom is -0.308 e. The first-order chi connectivity index (χ1) is 6.93. The molecule has 0 unspecified atom stereocenters. The Morgan fingerprint density at radius 1 is 1.60 bits per heavy atom. The number of aromatic nitrogens is 2. The second-order valence-electron chi connectivity index (χ2n) is 4.40. The molecule has 1 amide bonds. The van der Waals surface area contributed by atoms with E-state index >= 15 is 0 Å². The Hall–Kier alpha value is -0.970. The van der Waals surface area contributed by atoms with Gasteiger partial charge in [-0.15, -0.1) is 0 Å². The highest BCUT2D eigenvalue weighted by molar-refractivity contribution is 7.99. The number of anilines is 1. The fraction of sp³-hybridized carbons (Fsp3) is 0.600. The van der Waals surface area contributed by atoms with E-state index in [4.69, 9.17) is 0 Å². The number of thioether (sulfide) groups is 1. The number of H-pyrrole nitrogens is 1. The van der Waals surface area contributed by atoms with Gasteiger partial charge in [0.15, 0.2) is 5.82 Å². The van der Waals surface area contributed by atoms with Crippen molar-refractivity contribution in [3.63, 3.8) is 0 Å². The molecule has 4 nitrogen and oxygen atoms in total. The molecule has 0 fully saturated rings.